The molecule has 0 aliphatic carbocycles. The number of amides is 2. The van der Waals surface area contributed by atoms with Crippen LogP contribution < -0.4 is 21.5 Å². The zero-order valence-corrected chi connectivity index (χ0v) is 24.4. The Kier molecular flexibility index (Phi) is 9.36. The highest BCUT2D eigenvalue weighted by molar-refractivity contribution is 9.15. The Morgan fingerprint density at radius 1 is 0.906 bits per heavy atom. The number of halogens is 4. The van der Waals surface area contributed by atoms with Crippen molar-refractivity contribution in [3.63, 3.8) is 0 Å². The van der Waals surface area contributed by atoms with Crippen molar-refractivity contribution in [2.45, 2.75) is 64.1 Å². The summed E-state index contributed by atoms with van der Waals surface area (Å²) in [5.74, 6) is -2.44. The van der Waals surface area contributed by atoms with Crippen LogP contribution in [-0.2, 0) is 4.79 Å². The van der Waals surface area contributed by atoms with Crippen LogP contribution in [-0.4, -0.2) is 46.6 Å². The Bertz CT molecular complexity index is 921. The van der Waals surface area contributed by atoms with Crippen molar-refractivity contribution in [1.82, 2.24) is 21.5 Å². The van der Waals surface area contributed by atoms with Crippen molar-refractivity contribution >= 4 is 81.5 Å². The third-order valence-corrected chi connectivity index (χ3v) is 9.77. The van der Waals surface area contributed by atoms with Crippen LogP contribution in [0.25, 0.3) is 0 Å². The average Bonchev–Trinajstić information content (AvgIpc) is 2.64. The largest absolute Gasteiger partial charge is 0.478 e. The van der Waals surface area contributed by atoms with Gasteiger partial charge in [-0.3, -0.25) is 20.4 Å². The second-order valence-electron chi connectivity index (χ2n) is 9.02. The Morgan fingerprint density at radius 2 is 1.41 bits per heavy atom. The van der Waals surface area contributed by atoms with Crippen LogP contribution in [0.1, 0.15) is 67.7 Å². The molecule has 1 fully saturated rings. The summed E-state index contributed by atoms with van der Waals surface area (Å²) < 4.78 is 1.35. The monoisotopic (exact) mass is 702 g/mol. The predicted molar refractivity (Wildman–Crippen MR) is 137 cm³/mol. The van der Waals surface area contributed by atoms with Crippen LogP contribution in [0, 0.1) is 0 Å². The number of aromatic carboxylic acids is 1. The SMILES string of the molecule is CC1(C)CC(NCCC(=O)NNC(=O)c2c(Br)c(Br)c(Br)c(Br)c2C(=O)O)CC(C)(C)N1. The molecule has 1 saturated heterocycles. The van der Waals surface area contributed by atoms with Crippen molar-refractivity contribution in [3.8, 4) is 0 Å². The number of carboxylic acid groups (broad SMARTS) is 1. The third kappa shape index (κ3) is 6.99. The lowest BCUT2D eigenvalue weighted by atomic mass is 9.79. The van der Waals surface area contributed by atoms with Gasteiger partial charge in [0.1, 0.15) is 0 Å². The minimum Gasteiger partial charge on any atom is -0.478 e. The van der Waals surface area contributed by atoms with E-state index in [1.807, 2.05) is 0 Å². The minimum atomic E-state index is -1.29. The van der Waals surface area contributed by atoms with Crippen LogP contribution in [0.2, 0.25) is 0 Å². The number of carbonyl (C=O) groups excluding carboxylic acids is 2. The number of benzene rings is 1. The number of piperidine rings is 1. The van der Waals surface area contributed by atoms with E-state index in [2.05, 4.69) is 113 Å². The fourth-order valence-corrected chi connectivity index (χ4v) is 6.62. The van der Waals surface area contributed by atoms with Gasteiger partial charge < -0.3 is 15.7 Å². The fourth-order valence-electron chi connectivity index (χ4n) is 4.15. The lowest BCUT2D eigenvalue weighted by Gasteiger charge is -2.46. The number of hydrazine groups is 1. The predicted octanol–water partition coefficient (Wildman–Crippen LogP) is 4.48. The van der Waals surface area contributed by atoms with Gasteiger partial charge in [0.25, 0.3) is 5.91 Å². The number of nitrogens with one attached hydrogen (secondary N) is 4. The maximum Gasteiger partial charge on any atom is 0.337 e. The van der Waals surface area contributed by atoms with E-state index < -0.39 is 11.9 Å². The fraction of sp³-hybridized carbons (Fsp3) is 0.550. The third-order valence-electron chi connectivity index (χ3n) is 5.00. The van der Waals surface area contributed by atoms with E-state index in [4.69, 9.17) is 0 Å². The summed E-state index contributed by atoms with van der Waals surface area (Å²) in [7, 11) is 0. The Balaban J connectivity index is 1.95. The number of hydrogen-bond acceptors (Lipinski definition) is 5. The summed E-state index contributed by atoms with van der Waals surface area (Å²) >= 11 is 13.0. The summed E-state index contributed by atoms with van der Waals surface area (Å²) in [6, 6.07) is 0.273. The molecule has 1 aliphatic heterocycles. The Hall–Kier alpha value is -0.530. The van der Waals surface area contributed by atoms with Gasteiger partial charge in [-0.05, 0) is 104 Å². The van der Waals surface area contributed by atoms with Crippen molar-refractivity contribution in [2.75, 3.05) is 6.54 Å². The van der Waals surface area contributed by atoms with E-state index in [0.29, 0.717) is 15.5 Å². The van der Waals surface area contributed by atoms with Crippen LogP contribution in [0.5, 0.6) is 0 Å². The van der Waals surface area contributed by atoms with Gasteiger partial charge in [0, 0.05) is 48.0 Å². The van der Waals surface area contributed by atoms with Crippen LogP contribution in [0.4, 0.5) is 0 Å². The highest BCUT2D eigenvalue weighted by Gasteiger charge is 2.37. The first-order valence-corrected chi connectivity index (χ1v) is 13.0. The molecule has 0 saturated carbocycles. The van der Waals surface area contributed by atoms with Gasteiger partial charge in [-0.1, -0.05) is 0 Å². The van der Waals surface area contributed by atoms with Gasteiger partial charge in [-0.15, -0.1) is 0 Å². The second kappa shape index (κ2) is 10.8. The van der Waals surface area contributed by atoms with Crippen LogP contribution in [0.15, 0.2) is 17.9 Å². The highest BCUT2D eigenvalue weighted by atomic mass is 79.9. The number of hydrogen-bond donors (Lipinski definition) is 5. The molecule has 0 radical (unpaired) electrons. The molecule has 12 heteroatoms. The van der Waals surface area contributed by atoms with Gasteiger partial charge >= 0.3 is 5.97 Å². The van der Waals surface area contributed by atoms with Crippen molar-refractivity contribution in [2.24, 2.45) is 0 Å². The van der Waals surface area contributed by atoms with E-state index in [1.54, 1.807) is 0 Å². The number of carbonyl (C=O) groups is 3. The first kappa shape index (κ1) is 27.7. The average molecular weight is 706 g/mol. The van der Waals surface area contributed by atoms with Gasteiger partial charge in [-0.2, -0.15) is 0 Å². The molecule has 5 N–H and O–H groups in total. The van der Waals surface area contributed by atoms with Gasteiger partial charge in [-0.25, -0.2) is 4.79 Å². The summed E-state index contributed by atoms with van der Waals surface area (Å²) in [6.07, 6.45) is 2.04. The number of rotatable bonds is 6. The lowest BCUT2D eigenvalue weighted by Crippen LogP contribution is -2.61. The topological polar surface area (TPSA) is 120 Å². The van der Waals surface area contributed by atoms with E-state index in [0.717, 1.165) is 12.8 Å². The molecule has 0 spiro atoms. The smallest absolute Gasteiger partial charge is 0.337 e. The summed E-state index contributed by atoms with van der Waals surface area (Å²) in [5.41, 5.74) is 4.28. The molecule has 0 bridgehead atoms. The zero-order valence-electron chi connectivity index (χ0n) is 18.1. The first-order chi connectivity index (χ1) is 14.6. The van der Waals surface area contributed by atoms with Crippen molar-refractivity contribution in [1.29, 1.82) is 0 Å². The van der Waals surface area contributed by atoms with Crippen LogP contribution in [0.3, 0.4) is 0 Å². The van der Waals surface area contributed by atoms with E-state index >= 15 is 0 Å². The van der Waals surface area contributed by atoms with Gasteiger partial charge in [0.2, 0.25) is 5.91 Å². The molecule has 1 aromatic rings. The van der Waals surface area contributed by atoms with Crippen molar-refractivity contribution < 1.29 is 19.5 Å². The highest BCUT2D eigenvalue weighted by Crippen LogP contribution is 2.42. The molecule has 1 heterocycles. The van der Waals surface area contributed by atoms with Crippen molar-refractivity contribution in [3.05, 3.63) is 29.0 Å². The molecule has 1 aliphatic rings. The molecule has 0 atom stereocenters. The summed E-state index contributed by atoms with van der Waals surface area (Å²) in [6.45, 7) is 9.10. The maximum atomic E-state index is 12.7. The molecule has 8 nitrogen and oxygen atoms in total. The Labute approximate surface area is 220 Å². The van der Waals surface area contributed by atoms with Gasteiger partial charge in [0.15, 0.2) is 0 Å². The van der Waals surface area contributed by atoms with E-state index in [9.17, 15) is 19.5 Å². The molecule has 2 amide bonds. The summed E-state index contributed by atoms with van der Waals surface area (Å²) in [5, 5.41) is 16.6. The standard InChI is InChI=1S/C20H26Br4N4O4/c1-19(2)7-9(8-20(3,4)28-19)25-6-5-10(29)26-27-17(30)11-12(18(31)32)14(22)16(24)15(23)13(11)21/h9,25,28H,5-8H2,1-4H3,(H,26,29)(H,27,30)(H,31,32). The molecule has 32 heavy (non-hydrogen) atoms. The molecule has 0 unspecified atom stereocenters. The molecular weight excluding hydrogens is 680 g/mol. The molecule has 1 aromatic carbocycles. The number of carboxylic acids is 1. The van der Waals surface area contributed by atoms with E-state index in [1.165, 1.54) is 0 Å². The zero-order chi connectivity index (χ0) is 24.4. The molecule has 178 valence electrons. The molecule has 0 aromatic heterocycles. The quantitative estimate of drug-likeness (QED) is 0.169. The minimum absolute atomic E-state index is 0.00187. The normalized spacial score (nSPS) is 17.6. The molecular formula is C20H26Br4N4O4. The first-order valence-electron chi connectivity index (χ1n) is 9.86. The summed E-state index contributed by atoms with van der Waals surface area (Å²) in [4.78, 5) is 36.6. The maximum absolute atomic E-state index is 12.7. The second-order valence-corrected chi connectivity index (χ2v) is 12.2. The van der Waals surface area contributed by atoms with Crippen LogP contribution >= 0.6 is 63.7 Å². The van der Waals surface area contributed by atoms with Gasteiger partial charge in [0.05, 0.1) is 11.1 Å². The Morgan fingerprint density at radius 3 is 1.91 bits per heavy atom. The lowest BCUT2D eigenvalue weighted by molar-refractivity contribution is -0.121. The van der Waals surface area contributed by atoms with E-state index in [-0.39, 0.29) is 49.5 Å². The molecule has 2 rings (SSSR count).